The van der Waals surface area contributed by atoms with Gasteiger partial charge in [-0.05, 0) is 39.8 Å². The topological polar surface area (TPSA) is 112 Å². The van der Waals surface area contributed by atoms with Crippen molar-refractivity contribution in [2.45, 2.75) is 39.0 Å². The number of esters is 2. The molecule has 1 aromatic heterocycles. The van der Waals surface area contributed by atoms with E-state index in [0.29, 0.717) is 5.75 Å². The summed E-state index contributed by atoms with van der Waals surface area (Å²) in [5.74, 6) is -1.94. The third kappa shape index (κ3) is 6.99. The number of Topliss-reactive ketones (excluding diaryl/α,β-unsaturated/α-hetero) is 1. The summed E-state index contributed by atoms with van der Waals surface area (Å²) in [5.41, 5.74) is 1.04. The number of rotatable bonds is 10. The first-order valence-electron chi connectivity index (χ1n) is 9.69. The van der Waals surface area contributed by atoms with Gasteiger partial charge in [0.05, 0.1) is 18.6 Å². The molecule has 0 aliphatic carbocycles. The maximum absolute atomic E-state index is 12.2. The van der Waals surface area contributed by atoms with Crippen LogP contribution >= 0.6 is 11.8 Å². The molecule has 1 N–H and O–H groups in total. The summed E-state index contributed by atoms with van der Waals surface area (Å²) in [6.45, 7) is 5.94. The molecule has 9 heteroatoms. The largest absolute Gasteiger partial charge is 0.462 e. The fourth-order valence-corrected chi connectivity index (χ4v) is 3.56. The molecule has 0 saturated heterocycles. The smallest absolute Gasteiger partial charge is 0.344 e. The highest BCUT2D eigenvalue weighted by molar-refractivity contribution is 7.99. The number of hydrogen-bond donors (Lipinski definition) is 1. The summed E-state index contributed by atoms with van der Waals surface area (Å²) in [5, 5.41) is 2.37. The Labute approximate surface area is 184 Å². The van der Waals surface area contributed by atoms with E-state index in [-0.39, 0.29) is 35.8 Å². The van der Waals surface area contributed by atoms with Crippen molar-refractivity contribution in [2.75, 3.05) is 24.3 Å². The predicted octanol–water partition coefficient (Wildman–Crippen LogP) is 3.94. The van der Waals surface area contributed by atoms with E-state index >= 15 is 0 Å². The van der Waals surface area contributed by atoms with Gasteiger partial charge in [0.2, 0.25) is 5.88 Å². The van der Waals surface area contributed by atoms with Crippen LogP contribution in [-0.4, -0.2) is 42.6 Å². The Hall–Kier alpha value is -3.07. The van der Waals surface area contributed by atoms with Crippen molar-refractivity contribution in [3.8, 4) is 0 Å². The molecule has 0 spiro atoms. The molecule has 1 aromatic carbocycles. The van der Waals surface area contributed by atoms with E-state index in [0.717, 1.165) is 10.5 Å². The highest BCUT2D eigenvalue weighted by Crippen LogP contribution is 2.28. The third-order valence-electron chi connectivity index (χ3n) is 4.13. The van der Waals surface area contributed by atoms with Crippen LogP contribution in [-0.2, 0) is 19.1 Å². The molecule has 0 fully saturated rings. The first-order chi connectivity index (χ1) is 14.7. The Kier molecular flexibility index (Phi) is 8.87. The molecule has 1 amide bonds. The molecule has 0 atom stereocenters. The van der Waals surface area contributed by atoms with Crippen LogP contribution in [0, 0.1) is 13.8 Å². The molecule has 0 saturated carbocycles. The standard InChI is InChI=1S/C22H25NO7S/c1-5-28-22(27)20-19(14(3)24)15(4)30-21(20)23-17(25)12-29-18(26)10-11-31-16-8-6-13(2)7-9-16/h6-9H,5,10-12H2,1-4H3,(H,23,25). The minimum Gasteiger partial charge on any atom is -0.462 e. The SMILES string of the molecule is CCOC(=O)c1c(NC(=O)COC(=O)CCSc2ccc(C)cc2)oc(C)c1C(C)=O. The molecule has 0 radical (unpaired) electrons. The van der Waals surface area contributed by atoms with Crippen LogP contribution in [0.4, 0.5) is 5.88 Å². The number of ether oxygens (including phenoxy) is 2. The normalized spacial score (nSPS) is 10.5. The average molecular weight is 448 g/mol. The van der Waals surface area contributed by atoms with Gasteiger partial charge in [0.15, 0.2) is 12.4 Å². The fourth-order valence-electron chi connectivity index (χ4n) is 2.72. The zero-order valence-electron chi connectivity index (χ0n) is 17.9. The van der Waals surface area contributed by atoms with Gasteiger partial charge in [-0.25, -0.2) is 4.79 Å². The molecule has 0 aliphatic heterocycles. The van der Waals surface area contributed by atoms with Gasteiger partial charge in [-0.2, -0.15) is 0 Å². The quantitative estimate of drug-likeness (QED) is 0.331. The lowest BCUT2D eigenvalue weighted by Crippen LogP contribution is -2.22. The van der Waals surface area contributed by atoms with E-state index in [1.807, 2.05) is 31.2 Å². The van der Waals surface area contributed by atoms with E-state index < -0.39 is 30.2 Å². The minimum atomic E-state index is -0.787. The van der Waals surface area contributed by atoms with Gasteiger partial charge >= 0.3 is 11.9 Å². The highest BCUT2D eigenvalue weighted by atomic mass is 32.2. The minimum absolute atomic E-state index is 0.0406. The van der Waals surface area contributed by atoms with Crippen molar-refractivity contribution in [3.05, 3.63) is 46.7 Å². The molecular formula is C22H25NO7S. The summed E-state index contributed by atoms with van der Waals surface area (Å²) >= 11 is 1.51. The fraction of sp³-hybridized carbons (Fsp3) is 0.364. The number of nitrogens with one attached hydrogen (secondary N) is 1. The van der Waals surface area contributed by atoms with Gasteiger partial charge in [0.1, 0.15) is 11.3 Å². The van der Waals surface area contributed by atoms with Gasteiger partial charge in [-0.1, -0.05) is 17.7 Å². The monoisotopic (exact) mass is 447 g/mol. The van der Waals surface area contributed by atoms with Crippen molar-refractivity contribution in [1.29, 1.82) is 0 Å². The average Bonchev–Trinajstić information content (AvgIpc) is 3.04. The van der Waals surface area contributed by atoms with Crippen molar-refractivity contribution in [2.24, 2.45) is 0 Å². The van der Waals surface area contributed by atoms with Gasteiger partial charge < -0.3 is 13.9 Å². The number of carbonyl (C=O) groups excluding carboxylic acids is 4. The Morgan fingerprint density at radius 1 is 1.03 bits per heavy atom. The molecule has 1 heterocycles. The predicted molar refractivity (Wildman–Crippen MR) is 116 cm³/mol. The lowest BCUT2D eigenvalue weighted by molar-refractivity contribution is -0.146. The second-order valence-corrected chi connectivity index (χ2v) is 7.80. The Bertz CT molecular complexity index is 963. The molecular weight excluding hydrogens is 422 g/mol. The van der Waals surface area contributed by atoms with Crippen LogP contribution in [0.15, 0.2) is 33.6 Å². The molecule has 31 heavy (non-hydrogen) atoms. The summed E-state index contributed by atoms with van der Waals surface area (Å²) in [6.07, 6.45) is 0.133. The van der Waals surface area contributed by atoms with Crippen molar-refractivity contribution in [3.63, 3.8) is 0 Å². The number of aryl methyl sites for hydroxylation is 2. The molecule has 166 valence electrons. The van der Waals surface area contributed by atoms with Gasteiger partial charge in [0.25, 0.3) is 5.91 Å². The molecule has 0 aliphatic rings. The zero-order chi connectivity index (χ0) is 23.0. The van der Waals surface area contributed by atoms with Crippen LogP contribution in [0.2, 0.25) is 0 Å². The zero-order valence-corrected chi connectivity index (χ0v) is 18.7. The number of thioether (sulfide) groups is 1. The van der Waals surface area contributed by atoms with Crippen molar-refractivity contribution < 1.29 is 33.1 Å². The highest BCUT2D eigenvalue weighted by Gasteiger charge is 2.28. The number of benzene rings is 1. The summed E-state index contributed by atoms with van der Waals surface area (Å²) in [4.78, 5) is 49.2. The summed E-state index contributed by atoms with van der Waals surface area (Å²) in [7, 11) is 0. The maximum Gasteiger partial charge on any atom is 0.344 e. The molecule has 8 nitrogen and oxygen atoms in total. The Balaban J connectivity index is 1.89. The first kappa shape index (κ1) is 24.2. The number of furan rings is 1. The van der Waals surface area contributed by atoms with Gasteiger partial charge in [-0.3, -0.25) is 19.7 Å². The second kappa shape index (κ2) is 11.4. The van der Waals surface area contributed by atoms with E-state index in [1.54, 1.807) is 6.92 Å². The Morgan fingerprint density at radius 3 is 2.32 bits per heavy atom. The van der Waals surface area contributed by atoms with Crippen molar-refractivity contribution in [1.82, 2.24) is 0 Å². The lowest BCUT2D eigenvalue weighted by atomic mass is 10.1. The van der Waals surface area contributed by atoms with Crippen LogP contribution < -0.4 is 5.32 Å². The molecule has 2 rings (SSSR count). The van der Waals surface area contributed by atoms with Gasteiger partial charge in [0, 0.05) is 10.6 Å². The lowest BCUT2D eigenvalue weighted by Gasteiger charge is -2.07. The molecule has 2 aromatic rings. The number of carbonyl (C=O) groups is 4. The van der Waals surface area contributed by atoms with Crippen LogP contribution in [0.3, 0.4) is 0 Å². The van der Waals surface area contributed by atoms with Gasteiger partial charge in [-0.15, -0.1) is 11.8 Å². The second-order valence-electron chi connectivity index (χ2n) is 6.63. The number of ketones is 1. The maximum atomic E-state index is 12.2. The first-order valence-corrected chi connectivity index (χ1v) is 10.7. The van der Waals surface area contributed by atoms with E-state index in [2.05, 4.69) is 5.32 Å². The Morgan fingerprint density at radius 2 is 1.71 bits per heavy atom. The third-order valence-corrected chi connectivity index (χ3v) is 5.14. The number of hydrogen-bond acceptors (Lipinski definition) is 8. The number of anilines is 1. The molecule has 0 unspecified atom stereocenters. The van der Waals surface area contributed by atoms with E-state index in [9.17, 15) is 19.2 Å². The molecule has 0 bridgehead atoms. The van der Waals surface area contributed by atoms with E-state index in [4.69, 9.17) is 13.9 Å². The van der Waals surface area contributed by atoms with E-state index in [1.165, 1.54) is 25.6 Å². The van der Waals surface area contributed by atoms with Crippen LogP contribution in [0.5, 0.6) is 0 Å². The van der Waals surface area contributed by atoms with Crippen LogP contribution in [0.25, 0.3) is 0 Å². The summed E-state index contributed by atoms with van der Waals surface area (Å²) in [6, 6.07) is 7.92. The summed E-state index contributed by atoms with van der Waals surface area (Å²) < 4.78 is 15.3. The van der Waals surface area contributed by atoms with Crippen molar-refractivity contribution >= 4 is 41.3 Å². The van der Waals surface area contributed by atoms with Crippen LogP contribution in [0.1, 0.15) is 52.3 Å². The number of amides is 1.